The Balaban J connectivity index is 3.42. The van der Waals surface area contributed by atoms with Crippen molar-refractivity contribution in [3.05, 3.63) is 0 Å². The van der Waals surface area contributed by atoms with E-state index in [-0.39, 0.29) is 5.91 Å². The molecular formula is C9H19NO. The first-order valence-electron chi connectivity index (χ1n) is 4.45. The summed E-state index contributed by atoms with van der Waals surface area (Å²) in [5.74, 6) is 0.893. The summed E-state index contributed by atoms with van der Waals surface area (Å²) in [5, 5.41) is 2.63. The van der Waals surface area contributed by atoms with Crippen LogP contribution >= 0.6 is 0 Å². The quantitative estimate of drug-likeness (QED) is 0.649. The van der Waals surface area contributed by atoms with Crippen LogP contribution in [0.4, 0.5) is 0 Å². The lowest BCUT2D eigenvalue weighted by Crippen LogP contribution is -2.18. The van der Waals surface area contributed by atoms with Crippen LogP contribution in [-0.4, -0.2) is 13.0 Å². The molecule has 0 unspecified atom stereocenters. The molecule has 0 aliphatic heterocycles. The van der Waals surface area contributed by atoms with Crippen LogP contribution in [0.5, 0.6) is 0 Å². The molecular weight excluding hydrogens is 138 g/mol. The van der Waals surface area contributed by atoms with Gasteiger partial charge in [0.2, 0.25) is 5.91 Å². The number of hydrogen-bond acceptors (Lipinski definition) is 1. The summed E-state index contributed by atoms with van der Waals surface area (Å²) in [7, 11) is 1.69. The molecule has 0 aromatic heterocycles. The smallest absolute Gasteiger partial charge is 0.219 e. The van der Waals surface area contributed by atoms with Crippen LogP contribution in [0.3, 0.4) is 0 Å². The van der Waals surface area contributed by atoms with Gasteiger partial charge in [0.05, 0.1) is 0 Å². The molecule has 0 aliphatic carbocycles. The third kappa shape index (κ3) is 4.82. The highest BCUT2D eigenvalue weighted by atomic mass is 16.1. The summed E-state index contributed by atoms with van der Waals surface area (Å²) in [6.45, 7) is 4.36. The molecule has 2 nitrogen and oxygen atoms in total. The summed E-state index contributed by atoms with van der Waals surface area (Å²) in [4.78, 5) is 10.8. The highest BCUT2D eigenvalue weighted by Gasteiger charge is 2.05. The lowest BCUT2D eigenvalue weighted by molar-refractivity contribution is -0.120. The molecule has 0 rings (SSSR count). The molecule has 0 aromatic rings. The van der Waals surface area contributed by atoms with Crippen molar-refractivity contribution < 1.29 is 4.79 Å². The molecule has 0 radical (unpaired) electrons. The average Bonchev–Trinajstić information content (AvgIpc) is 2.06. The number of rotatable bonds is 5. The zero-order chi connectivity index (χ0) is 8.69. The number of carbonyl (C=O) groups excluding carboxylic acids is 1. The van der Waals surface area contributed by atoms with Gasteiger partial charge in [-0.25, -0.2) is 0 Å². The molecule has 0 bridgehead atoms. The summed E-state index contributed by atoms with van der Waals surface area (Å²) in [6.07, 6.45) is 4.09. The van der Waals surface area contributed by atoms with Gasteiger partial charge < -0.3 is 5.32 Å². The predicted molar refractivity (Wildman–Crippen MR) is 47.4 cm³/mol. The van der Waals surface area contributed by atoms with Crippen molar-refractivity contribution in [2.45, 2.75) is 39.5 Å². The maximum Gasteiger partial charge on any atom is 0.219 e. The van der Waals surface area contributed by atoms with Crippen molar-refractivity contribution in [3.63, 3.8) is 0 Å². The molecule has 0 atom stereocenters. The van der Waals surface area contributed by atoms with E-state index < -0.39 is 0 Å². The van der Waals surface area contributed by atoms with E-state index in [9.17, 15) is 4.79 Å². The van der Waals surface area contributed by atoms with Crippen LogP contribution in [0.1, 0.15) is 39.5 Å². The second-order valence-electron chi connectivity index (χ2n) is 2.89. The van der Waals surface area contributed by atoms with E-state index in [0.29, 0.717) is 6.42 Å². The van der Waals surface area contributed by atoms with Gasteiger partial charge in [-0.2, -0.15) is 0 Å². The average molecular weight is 157 g/mol. The van der Waals surface area contributed by atoms with Crippen molar-refractivity contribution in [1.29, 1.82) is 0 Å². The normalized spacial score (nSPS) is 10.2. The van der Waals surface area contributed by atoms with Gasteiger partial charge in [-0.05, 0) is 12.3 Å². The van der Waals surface area contributed by atoms with Crippen molar-refractivity contribution in [3.8, 4) is 0 Å². The monoisotopic (exact) mass is 157 g/mol. The van der Waals surface area contributed by atoms with Gasteiger partial charge in [0.25, 0.3) is 0 Å². The van der Waals surface area contributed by atoms with Crippen molar-refractivity contribution in [2.75, 3.05) is 7.05 Å². The minimum atomic E-state index is 0.164. The minimum Gasteiger partial charge on any atom is -0.359 e. The fourth-order valence-electron chi connectivity index (χ4n) is 1.16. The van der Waals surface area contributed by atoms with Crippen LogP contribution in [0.2, 0.25) is 0 Å². The van der Waals surface area contributed by atoms with Crippen molar-refractivity contribution in [2.24, 2.45) is 5.92 Å². The zero-order valence-electron chi connectivity index (χ0n) is 7.81. The molecule has 66 valence electrons. The Morgan fingerprint density at radius 3 is 2.27 bits per heavy atom. The Kier molecular flexibility index (Phi) is 5.90. The third-order valence-corrected chi connectivity index (χ3v) is 2.21. The summed E-state index contributed by atoms with van der Waals surface area (Å²) >= 11 is 0. The molecule has 0 heterocycles. The Morgan fingerprint density at radius 2 is 1.91 bits per heavy atom. The van der Waals surface area contributed by atoms with Gasteiger partial charge in [-0.15, -0.1) is 0 Å². The summed E-state index contributed by atoms with van der Waals surface area (Å²) in [5.41, 5.74) is 0. The summed E-state index contributed by atoms with van der Waals surface area (Å²) < 4.78 is 0. The van der Waals surface area contributed by atoms with Gasteiger partial charge in [0, 0.05) is 13.5 Å². The van der Waals surface area contributed by atoms with Crippen LogP contribution in [-0.2, 0) is 4.79 Å². The van der Waals surface area contributed by atoms with Crippen LogP contribution in [0.25, 0.3) is 0 Å². The van der Waals surface area contributed by atoms with E-state index in [2.05, 4.69) is 19.2 Å². The van der Waals surface area contributed by atoms with Crippen molar-refractivity contribution >= 4 is 5.91 Å². The molecule has 0 aliphatic rings. The molecule has 0 saturated carbocycles. The van der Waals surface area contributed by atoms with Crippen LogP contribution in [0.15, 0.2) is 0 Å². The Bertz CT molecular complexity index is 108. The SMILES string of the molecule is CCC(CC)CCC(=O)NC. The fourth-order valence-corrected chi connectivity index (χ4v) is 1.16. The first kappa shape index (κ1) is 10.5. The highest BCUT2D eigenvalue weighted by molar-refractivity contribution is 5.75. The van der Waals surface area contributed by atoms with Crippen LogP contribution in [0, 0.1) is 5.92 Å². The first-order chi connectivity index (χ1) is 5.24. The van der Waals surface area contributed by atoms with E-state index in [0.717, 1.165) is 12.3 Å². The van der Waals surface area contributed by atoms with Crippen LogP contribution < -0.4 is 5.32 Å². The fraction of sp³-hybridized carbons (Fsp3) is 0.889. The van der Waals surface area contributed by atoms with E-state index in [1.807, 2.05) is 0 Å². The van der Waals surface area contributed by atoms with Crippen molar-refractivity contribution in [1.82, 2.24) is 5.32 Å². The van der Waals surface area contributed by atoms with E-state index >= 15 is 0 Å². The molecule has 0 saturated heterocycles. The van der Waals surface area contributed by atoms with Gasteiger partial charge in [-0.3, -0.25) is 4.79 Å². The molecule has 0 fully saturated rings. The van der Waals surface area contributed by atoms with Gasteiger partial charge in [0.1, 0.15) is 0 Å². The first-order valence-corrected chi connectivity index (χ1v) is 4.45. The molecule has 11 heavy (non-hydrogen) atoms. The number of hydrogen-bond donors (Lipinski definition) is 1. The molecule has 0 aromatic carbocycles. The number of amides is 1. The maximum absolute atomic E-state index is 10.8. The molecule has 2 heteroatoms. The Hall–Kier alpha value is -0.530. The maximum atomic E-state index is 10.8. The Labute approximate surface area is 69.4 Å². The van der Waals surface area contributed by atoms with Gasteiger partial charge in [0.15, 0.2) is 0 Å². The van der Waals surface area contributed by atoms with E-state index in [1.165, 1.54) is 12.8 Å². The lowest BCUT2D eigenvalue weighted by Gasteiger charge is -2.10. The Morgan fingerprint density at radius 1 is 1.36 bits per heavy atom. The van der Waals surface area contributed by atoms with Gasteiger partial charge >= 0.3 is 0 Å². The minimum absolute atomic E-state index is 0.164. The zero-order valence-corrected chi connectivity index (χ0v) is 7.81. The number of carbonyl (C=O) groups is 1. The highest BCUT2D eigenvalue weighted by Crippen LogP contribution is 2.13. The van der Waals surface area contributed by atoms with Gasteiger partial charge in [-0.1, -0.05) is 26.7 Å². The second-order valence-corrected chi connectivity index (χ2v) is 2.89. The number of nitrogens with one attached hydrogen (secondary N) is 1. The largest absolute Gasteiger partial charge is 0.359 e. The molecule has 1 amide bonds. The second kappa shape index (κ2) is 6.20. The topological polar surface area (TPSA) is 29.1 Å². The lowest BCUT2D eigenvalue weighted by atomic mass is 9.97. The molecule has 0 spiro atoms. The molecule has 1 N–H and O–H groups in total. The summed E-state index contributed by atoms with van der Waals surface area (Å²) in [6, 6.07) is 0. The van der Waals surface area contributed by atoms with E-state index in [1.54, 1.807) is 7.05 Å². The third-order valence-electron chi connectivity index (χ3n) is 2.21. The van der Waals surface area contributed by atoms with E-state index in [4.69, 9.17) is 0 Å². The standard InChI is InChI=1S/C9H19NO/c1-4-8(5-2)6-7-9(11)10-3/h8H,4-7H2,1-3H3,(H,10,11). The predicted octanol–water partition coefficient (Wildman–Crippen LogP) is 1.95.